The highest BCUT2D eigenvalue weighted by molar-refractivity contribution is 5.96. The fraction of sp³-hybridized carbons (Fsp3) is 0.839. The maximum atomic E-state index is 13.9. The number of carbonyl (C=O) groups excluding carboxylic acids is 3. The summed E-state index contributed by atoms with van der Waals surface area (Å²) in [5.74, 6) is -0.0397. The molecule has 212 valence electrons. The molecule has 3 aliphatic carbocycles. The molecule has 2 heterocycles. The summed E-state index contributed by atoms with van der Waals surface area (Å²) in [6.07, 6.45) is 6.54. The van der Waals surface area contributed by atoms with E-state index in [1.807, 2.05) is 13.0 Å². The van der Waals surface area contributed by atoms with Crippen molar-refractivity contribution < 1.29 is 24.2 Å². The number of ketones is 1. The predicted molar refractivity (Wildman–Crippen MR) is 145 cm³/mol. The molecule has 1 spiro atoms. The summed E-state index contributed by atoms with van der Waals surface area (Å²) in [7, 11) is 2.07. The Morgan fingerprint density at radius 2 is 1.76 bits per heavy atom. The maximum absolute atomic E-state index is 13.9. The number of aliphatic hydroxyl groups excluding tert-OH is 1. The average molecular weight is 529 g/mol. The Morgan fingerprint density at radius 3 is 2.42 bits per heavy atom. The number of Topliss-reactive ketones (excluding diaryl/α,β-unsaturated/α-hetero) is 1. The number of hydrogen-bond donors (Lipinski definition) is 1. The number of likely N-dealkylation sites (tertiary alicyclic amines) is 2. The molecule has 7 nitrogen and oxygen atoms in total. The smallest absolute Gasteiger partial charge is 0.416 e. The van der Waals surface area contributed by atoms with Crippen LogP contribution >= 0.6 is 0 Å². The lowest BCUT2D eigenvalue weighted by Gasteiger charge is -2.61. The van der Waals surface area contributed by atoms with Gasteiger partial charge in [-0.15, -0.1) is 6.58 Å². The molecule has 7 heteroatoms. The van der Waals surface area contributed by atoms with Crippen molar-refractivity contribution >= 4 is 17.8 Å². The summed E-state index contributed by atoms with van der Waals surface area (Å²) in [6, 6.07) is 0. The number of carbonyl (C=O) groups is 3. The van der Waals surface area contributed by atoms with E-state index in [1.165, 1.54) is 4.90 Å². The molecule has 38 heavy (non-hydrogen) atoms. The Hall–Kier alpha value is -1.73. The Balaban J connectivity index is 1.51. The molecule has 8 atom stereocenters. The van der Waals surface area contributed by atoms with Crippen LogP contribution in [0.5, 0.6) is 0 Å². The van der Waals surface area contributed by atoms with Gasteiger partial charge in [0.25, 0.3) is 0 Å². The summed E-state index contributed by atoms with van der Waals surface area (Å²) in [5, 5.41) is 11.7. The molecule has 2 saturated heterocycles. The number of amides is 2. The van der Waals surface area contributed by atoms with Crippen LogP contribution in [-0.4, -0.2) is 71.6 Å². The minimum atomic E-state index is -0.702. The first-order valence-corrected chi connectivity index (χ1v) is 14.9. The molecule has 2 amide bonds. The zero-order chi connectivity index (χ0) is 27.7. The number of ether oxygens (including phenoxy) is 1. The summed E-state index contributed by atoms with van der Waals surface area (Å²) >= 11 is 0. The van der Waals surface area contributed by atoms with Gasteiger partial charge in [-0.3, -0.25) is 9.59 Å². The van der Waals surface area contributed by atoms with Gasteiger partial charge in [0.1, 0.15) is 11.9 Å². The second-order valence-corrected chi connectivity index (χ2v) is 14.1. The monoisotopic (exact) mass is 528 g/mol. The van der Waals surface area contributed by atoms with E-state index in [-0.39, 0.29) is 34.9 Å². The number of hydrogen-bond acceptors (Lipinski definition) is 6. The van der Waals surface area contributed by atoms with Crippen molar-refractivity contribution in [3.05, 3.63) is 12.7 Å². The molecule has 0 aromatic heterocycles. The van der Waals surface area contributed by atoms with Gasteiger partial charge in [0.2, 0.25) is 5.91 Å². The molecular weight excluding hydrogens is 480 g/mol. The molecule has 0 aromatic rings. The van der Waals surface area contributed by atoms with Gasteiger partial charge in [0.15, 0.2) is 0 Å². The Morgan fingerprint density at radius 1 is 1.08 bits per heavy atom. The van der Waals surface area contributed by atoms with Crippen LogP contribution in [0.25, 0.3) is 0 Å². The molecular formula is C31H48N2O5. The third-order valence-electron chi connectivity index (χ3n) is 12.4. The van der Waals surface area contributed by atoms with Crippen molar-refractivity contribution in [3.8, 4) is 0 Å². The van der Waals surface area contributed by atoms with Crippen LogP contribution in [0.2, 0.25) is 0 Å². The topological polar surface area (TPSA) is 87.2 Å². The van der Waals surface area contributed by atoms with Crippen LogP contribution in [-0.2, 0) is 14.3 Å². The minimum Gasteiger partial charge on any atom is -0.445 e. The molecule has 2 aliphatic heterocycles. The van der Waals surface area contributed by atoms with Crippen LogP contribution in [0, 0.1) is 39.4 Å². The van der Waals surface area contributed by atoms with E-state index < -0.39 is 34.5 Å². The molecule has 1 N–H and O–H groups in total. The van der Waals surface area contributed by atoms with Gasteiger partial charge in [-0.25, -0.2) is 9.69 Å². The van der Waals surface area contributed by atoms with Crippen LogP contribution in [0.1, 0.15) is 85.5 Å². The lowest BCUT2D eigenvalue weighted by atomic mass is 9.44. The van der Waals surface area contributed by atoms with Crippen LogP contribution in [0.4, 0.5) is 4.79 Å². The van der Waals surface area contributed by atoms with Crippen molar-refractivity contribution in [3.63, 3.8) is 0 Å². The lowest BCUT2D eigenvalue weighted by molar-refractivity contribution is -0.194. The van der Waals surface area contributed by atoms with Gasteiger partial charge in [-0.1, -0.05) is 33.8 Å². The molecule has 3 unspecified atom stereocenters. The van der Waals surface area contributed by atoms with E-state index >= 15 is 0 Å². The van der Waals surface area contributed by atoms with Gasteiger partial charge in [0, 0.05) is 29.7 Å². The minimum absolute atomic E-state index is 0.0709. The average Bonchev–Trinajstić information content (AvgIpc) is 3.25. The number of nitrogens with zero attached hydrogens (tertiary/aromatic N) is 2. The zero-order valence-corrected chi connectivity index (χ0v) is 24.1. The molecule has 2 bridgehead atoms. The van der Waals surface area contributed by atoms with Crippen LogP contribution < -0.4 is 0 Å². The van der Waals surface area contributed by atoms with E-state index in [2.05, 4.69) is 39.3 Å². The predicted octanol–water partition coefficient (Wildman–Crippen LogP) is 4.82. The van der Waals surface area contributed by atoms with Crippen molar-refractivity contribution in [2.75, 3.05) is 26.7 Å². The van der Waals surface area contributed by atoms with Gasteiger partial charge >= 0.3 is 6.09 Å². The molecule has 0 radical (unpaired) electrons. The number of aliphatic hydroxyl groups is 1. The SMILES string of the molecule is C=C[C@]1(C)C[C@@H](OC(=O)N2CCCC3(CCN(C)CC3)C2=O)[C@]2(C)C(C)CCC3(CCC(=O)C32)[C@@H](C)[C@@H]1O. The first-order valence-electron chi connectivity index (χ1n) is 14.9. The fourth-order valence-electron chi connectivity index (χ4n) is 9.44. The number of piperidine rings is 2. The number of imide groups is 1. The van der Waals surface area contributed by atoms with Crippen molar-refractivity contribution in [1.82, 2.24) is 9.80 Å². The van der Waals surface area contributed by atoms with E-state index in [0.29, 0.717) is 19.4 Å². The Labute approximate surface area is 228 Å². The fourth-order valence-corrected chi connectivity index (χ4v) is 9.44. The summed E-state index contributed by atoms with van der Waals surface area (Å²) in [6.45, 7) is 14.6. The highest BCUT2D eigenvalue weighted by Gasteiger charge is 2.68. The maximum Gasteiger partial charge on any atom is 0.416 e. The Kier molecular flexibility index (Phi) is 6.91. The van der Waals surface area contributed by atoms with Crippen LogP contribution in [0.15, 0.2) is 12.7 Å². The number of rotatable bonds is 2. The van der Waals surface area contributed by atoms with Gasteiger partial charge in [-0.05, 0) is 88.8 Å². The zero-order valence-electron chi connectivity index (χ0n) is 24.1. The van der Waals surface area contributed by atoms with Crippen molar-refractivity contribution in [2.24, 2.45) is 39.4 Å². The summed E-state index contributed by atoms with van der Waals surface area (Å²) in [4.78, 5) is 44.9. The molecule has 0 aromatic carbocycles. The largest absolute Gasteiger partial charge is 0.445 e. The van der Waals surface area contributed by atoms with Gasteiger partial charge in [-0.2, -0.15) is 0 Å². The molecule has 5 aliphatic rings. The van der Waals surface area contributed by atoms with E-state index in [9.17, 15) is 19.5 Å². The van der Waals surface area contributed by atoms with Crippen molar-refractivity contribution in [2.45, 2.75) is 97.7 Å². The molecule has 5 rings (SSSR count). The standard InChI is InChI=1S/C31H48N2O5/c1-7-28(4)19-23(38-27(37)33-16-8-11-30(26(33)36)14-17-32(6)18-15-30)29(5)20(2)9-12-31(21(3)25(28)35)13-10-22(34)24(29)31/h7,20-21,23-25,35H,1,8-19H2,2-6H3/t20?,21-,23+,24?,25-,28+,29-,31?/m0/s1. The van der Waals surface area contributed by atoms with Gasteiger partial charge in [0.05, 0.1) is 11.5 Å². The first-order chi connectivity index (χ1) is 17.8. The third-order valence-corrected chi connectivity index (χ3v) is 12.4. The first kappa shape index (κ1) is 27.8. The molecule has 5 fully saturated rings. The third kappa shape index (κ3) is 3.85. The van der Waals surface area contributed by atoms with Crippen molar-refractivity contribution in [1.29, 1.82) is 0 Å². The second kappa shape index (κ2) is 9.43. The highest BCUT2D eigenvalue weighted by Crippen LogP contribution is 2.68. The van der Waals surface area contributed by atoms with E-state index in [1.54, 1.807) is 0 Å². The quantitative estimate of drug-likeness (QED) is 0.517. The van der Waals surface area contributed by atoms with Crippen LogP contribution in [0.3, 0.4) is 0 Å². The second-order valence-electron chi connectivity index (χ2n) is 14.1. The highest BCUT2D eigenvalue weighted by atomic mass is 16.6. The normalized spacial score (nSPS) is 45.3. The van der Waals surface area contributed by atoms with E-state index in [0.717, 1.165) is 58.0 Å². The Bertz CT molecular complexity index is 1000. The van der Waals surface area contributed by atoms with E-state index in [4.69, 9.17) is 4.74 Å². The summed E-state index contributed by atoms with van der Waals surface area (Å²) in [5.41, 5.74) is -2.06. The molecule has 3 saturated carbocycles. The van der Waals surface area contributed by atoms with Gasteiger partial charge < -0.3 is 14.7 Å². The summed E-state index contributed by atoms with van der Waals surface area (Å²) < 4.78 is 6.43. The lowest BCUT2D eigenvalue weighted by Crippen LogP contribution is -2.63.